The van der Waals surface area contributed by atoms with Crippen LogP contribution in [0.25, 0.3) is 0 Å². The van der Waals surface area contributed by atoms with Gasteiger partial charge in [-0.2, -0.15) is 0 Å². The van der Waals surface area contributed by atoms with E-state index in [0.29, 0.717) is 17.2 Å². The molecule has 1 aromatic heterocycles. The van der Waals surface area contributed by atoms with E-state index < -0.39 is 0 Å². The Balaban J connectivity index is 1.41. The number of rotatable bonds is 6. The summed E-state index contributed by atoms with van der Waals surface area (Å²) in [6.07, 6.45) is 5.13. The smallest absolute Gasteiger partial charge is 0.223 e. The average Bonchev–Trinajstić information content (AvgIpc) is 3.37. The number of thiazole rings is 1. The second kappa shape index (κ2) is 8.50. The van der Waals surface area contributed by atoms with Crippen molar-refractivity contribution in [2.45, 2.75) is 57.8 Å². The van der Waals surface area contributed by atoms with Gasteiger partial charge in [-0.15, -0.1) is 11.3 Å². The Labute approximate surface area is 165 Å². The van der Waals surface area contributed by atoms with Crippen LogP contribution in [0.5, 0.6) is 0 Å². The molecule has 0 saturated carbocycles. The molecule has 2 atom stereocenters. The molecule has 2 fully saturated rings. The Morgan fingerprint density at radius 2 is 1.78 bits per heavy atom. The number of hydrogen-bond donors (Lipinski definition) is 1. The minimum Gasteiger partial charge on any atom is -0.302 e. The van der Waals surface area contributed by atoms with E-state index in [1.807, 2.05) is 0 Å². The second-order valence-corrected chi connectivity index (χ2v) is 8.53. The van der Waals surface area contributed by atoms with Crippen molar-refractivity contribution in [3.63, 3.8) is 0 Å². The molecule has 5 nitrogen and oxygen atoms in total. The lowest BCUT2D eigenvalue weighted by atomic mass is 10.0. The monoisotopic (exact) mass is 384 g/mol. The molecule has 2 aliphatic heterocycles. The summed E-state index contributed by atoms with van der Waals surface area (Å²) in [6.45, 7) is 5.81. The summed E-state index contributed by atoms with van der Waals surface area (Å²) < 4.78 is 0. The molecule has 0 bridgehead atoms. The molecule has 144 valence electrons. The number of aromatic nitrogens is 1. The highest BCUT2D eigenvalue weighted by Gasteiger charge is 2.37. The van der Waals surface area contributed by atoms with Crippen LogP contribution in [0.15, 0.2) is 35.7 Å². The third-order valence-corrected chi connectivity index (χ3v) is 6.51. The van der Waals surface area contributed by atoms with E-state index >= 15 is 0 Å². The SMILES string of the molecule is CC(=O)Nc1nc(CN2CCC[C@@H]2[C@@H]2CCCN2Cc2ccccc2)cs1. The van der Waals surface area contributed by atoms with E-state index in [9.17, 15) is 4.79 Å². The molecule has 0 aliphatic carbocycles. The van der Waals surface area contributed by atoms with Gasteiger partial charge in [0, 0.05) is 37.5 Å². The van der Waals surface area contributed by atoms with Crippen LogP contribution in [0, 0.1) is 0 Å². The van der Waals surface area contributed by atoms with Gasteiger partial charge in [-0.25, -0.2) is 4.98 Å². The van der Waals surface area contributed by atoms with Crippen LogP contribution in [0.3, 0.4) is 0 Å². The van der Waals surface area contributed by atoms with Crippen LogP contribution in [-0.4, -0.2) is 45.9 Å². The van der Waals surface area contributed by atoms with Crippen molar-refractivity contribution in [3.8, 4) is 0 Å². The third kappa shape index (κ3) is 4.57. The first-order chi connectivity index (χ1) is 13.2. The summed E-state index contributed by atoms with van der Waals surface area (Å²) in [5.41, 5.74) is 2.48. The number of nitrogens with one attached hydrogen (secondary N) is 1. The van der Waals surface area contributed by atoms with Crippen molar-refractivity contribution in [2.24, 2.45) is 0 Å². The van der Waals surface area contributed by atoms with E-state index in [2.05, 4.69) is 55.8 Å². The topological polar surface area (TPSA) is 48.5 Å². The molecule has 1 N–H and O–H groups in total. The molecule has 2 aliphatic rings. The maximum absolute atomic E-state index is 11.2. The molecule has 2 aromatic rings. The van der Waals surface area contributed by atoms with Crippen molar-refractivity contribution >= 4 is 22.4 Å². The van der Waals surface area contributed by atoms with E-state index in [1.165, 1.54) is 56.1 Å². The highest BCUT2D eigenvalue weighted by molar-refractivity contribution is 7.13. The first-order valence-corrected chi connectivity index (χ1v) is 10.8. The molecule has 3 heterocycles. The number of nitrogens with zero attached hydrogens (tertiary/aromatic N) is 3. The van der Waals surface area contributed by atoms with Crippen molar-refractivity contribution in [3.05, 3.63) is 47.0 Å². The van der Waals surface area contributed by atoms with Gasteiger partial charge in [0.1, 0.15) is 0 Å². The Morgan fingerprint density at radius 3 is 2.44 bits per heavy atom. The number of likely N-dealkylation sites (tertiary alicyclic amines) is 2. The van der Waals surface area contributed by atoms with Crippen LogP contribution in [0.2, 0.25) is 0 Å². The highest BCUT2D eigenvalue weighted by Crippen LogP contribution is 2.32. The Bertz CT molecular complexity index is 763. The Hall–Kier alpha value is -1.76. The van der Waals surface area contributed by atoms with E-state index in [1.54, 1.807) is 0 Å². The number of carbonyl (C=O) groups excluding carboxylic acids is 1. The van der Waals surface area contributed by atoms with Gasteiger partial charge in [-0.05, 0) is 44.3 Å². The minimum absolute atomic E-state index is 0.0579. The zero-order chi connectivity index (χ0) is 18.6. The van der Waals surface area contributed by atoms with Gasteiger partial charge >= 0.3 is 0 Å². The van der Waals surface area contributed by atoms with Crippen LogP contribution in [-0.2, 0) is 17.9 Å². The zero-order valence-electron chi connectivity index (χ0n) is 15.9. The number of hydrogen-bond acceptors (Lipinski definition) is 5. The van der Waals surface area contributed by atoms with Crippen molar-refractivity contribution in [1.82, 2.24) is 14.8 Å². The lowest BCUT2D eigenvalue weighted by Crippen LogP contribution is -2.45. The van der Waals surface area contributed by atoms with Gasteiger partial charge < -0.3 is 5.32 Å². The third-order valence-electron chi connectivity index (χ3n) is 5.70. The standard InChI is InChI=1S/C21H28N4OS/c1-16(26)22-21-23-18(15-27-21)14-25-12-6-10-20(25)19-9-5-11-24(19)13-17-7-3-2-4-8-17/h2-4,7-8,15,19-20H,5-6,9-14H2,1H3,(H,22,23,26)/t19-,20+/m0/s1. The van der Waals surface area contributed by atoms with Crippen LogP contribution < -0.4 is 5.32 Å². The first-order valence-electron chi connectivity index (χ1n) is 9.93. The molecular formula is C21H28N4OS. The molecule has 0 spiro atoms. The lowest BCUT2D eigenvalue weighted by molar-refractivity contribution is -0.114. The summed E-state index contributed by atoms with van der Waals surface area (Å²) in [5.74, 6) is -0.0579. The van der Waals surface area contributed by atoms with Crippen molar-refractivity contribution in [2.75, 3.05) is 18.4 Å². The summed E-state index contributed by atoms with van der Waals surface area (Å²) in [5, 5.41) is 5.58. The summed E-state index contributed by atoms with van der Waals surface area (Å²) in [7, 11) is 0. The molecule has 6 heteroatoms. The predicted molar refractivity (Wildman–Crippen MR) is 110 cm³/mol. The predicted octanol–water partition coefficient (Wildman–Crippen LogP) is 3.73. The highest BCUT2D eigenvalue weighted by atomic mass is 32.1. The summed E-state index contributed by atoms with van der Waals surface area (Å²) in [6, 6.07) is 12.1. The molecule has 1 amide bonds. The van der Waals surface area contributed by atoms with Crippen LogP contribution in [0.1, 0.15) is 43.9 Å². The molecule has 1 aromatic carbocycles. The van der Waals surface area contributed by atoms with E-state index in [4.69, 9.17) is 0 Å². The maximum atomic E-state index is 11.2. The maximum Gasteiger partial charge on any atom is 0.223 e. The second-order valence-electron chi connectivity index (χ2n) is 7.67. The molecule has 4 rings (SSSR count). The zero-order valence-corrected chi connectivity index (χ0v) is 16.8. The lowest BCUT2D eigenvalue weighted by Gasteiger charge is -2.35. The molecule has 27 heavy (non-hydrogen) atoms. The summed E-state index contributed by atoms with van der Waals surface area (Å²) in [4.78, 5) is 21.1. The normalized spacial score (nSPS) is 23.7. The van der Waals surface area contributed by atoms with Gasteiger partial charge in [0.15, 0.2) is 5.13 Å². The quantitative estimate of drug-likeness (QED) is 0.824. The summed E-state index contributed by atoms with van der Waals surface area (Å²) >= 11 is 1.52. The van der Waals surface area contributed by atoms with Crippen LogP contribution in [0.4, 0.5) is 5.13 Å². The number of benzene rings is 1. The molecule has 0 radical (unpaired) electrons. The van der Waals surface area contributed by atoms with Crippen molar-refractivity contribution in [1.29, 1.82) is 0 Å². The fraction of sp³-hybridized carbons (Fsp3) is 0.524. The van der Waals surface area contributed by atoms with Crippen LogP contribution >= 0.6 is 11.3 Å². The fourth-order valence-electron chi connectivity index (χ4n) is 4.58. The fourth-order valence-corrected chi connectivity index (χ4v) is 5.33. The largest absolute Gasteiger partial charge is 0.302 e. The molecular weight excluding hydrogens is 356 g/mol. The Kier molecular flexibility index (Phi) is 5.86. The van der Waals surface area contributed by atoms with Gasteiger partial charge in [-0.3, -0.25) is 14.6 Å². The van der Waals surface area contributed by atoms with E-state index in [-0.39, 0.29) is 5.91 Å². The first kappa shape index (κ1) is 18.6. The number of amides is 1. The Morgan fingerprint density at radius 1 is 1.11 bits per heavy atom. The van der Waals surface area contributed by atoms with Gasteiger partial charge in [0.05, 0.1) is 5.69 Å². The number of anilines is 1. The van der Waals surface area contributed by atoms with Gasteiger partial charge in [0.25, 0.3) is 0 Å². The van der Waals surface area contributed by atoms with Gasteiger partial charge in [0.2, 0.25) is 5.91 Å². The van der Waals surface area contributed by atoms with Crippen molar-refractivity contribution < 1.29 is 4.79 Å². The molecule has 2 saturated heterocycles. The minimum atomic E-state index is -0.0579. The number of carbonyl (C=O) groups is 1. The molecule has 0 unspecified atom stereocenters. The average molecular weight is 385 g/mol. The van der Waals surface area contributed by atoms with Gasteiger partial charge in [-0.1, -0.05) is 30.3 Å². The van der Waals surface area contributed by atoms with E-state index in [0.717, 1.165) is 25.3 Å².